The highest BCUT2D eigenvalue weighted by molar-refractivity contribution is 6.30. The molecule has 0 fully saturated rings. The molecule has 0 aliphatic carbocycles. The Balaban J connectivity index is 2.07. The number of ether oxygens (including phenoxy) is 3. The second-order valence-electron chi connectivity index (χ2n) is 4.67. The van der Waals surface area contributed by atoms with E-state index < -0.39 is 5.97 Å². The highest BCUT2D eigenvalue weighted by Crippen LogP contribution is 2.23. The van der Waals surface area contributed by atoms with E-state index in [4.69, 9.17) is 25.8 Å². The lowest BCUT2D eigenvalue weighted by atomic mass is 10.1. The fourth-order valence-electron chi connectivity index (χ4n) is 2.04. The number of hydrogen-bond acceptors (Lipinski definition) is 4. The normalized spacial score (nSPS) is 10.3. The molecule has 2 rings (SSSR count). The first kappa shape index (κ1) is 16.3. The van der Waals surface area contributed by atoms with Crippen molar-refractivity contribution in [2.24, 2.45) is 0 Å². The summed E-state index contributed by atoms with van der Waals surface area (Å²) in [4.78, 5) is 12.1. The largest absolute Gasteiger partial charge is 0.496 e. The molecule has 0 heterocycles. The Hall–Kier alpha value is -2.04. The molecule has 0 aliphatic heterocycles. The van der Waals surface area contributed by atoms with Crippen molar-refractivity contribution in [2.75, 3.05) is 14.2 Å². The Morgan fingerprint density at radius 1 is 1.09 bits per heavy atom. The van der Waals surface area contributed by atoms with Crippen LogP contribution in [-0.2, 0) is 22.7 Å². The van der Waals surface area contributed by atoms with E-state index in [0.717, 1.165) is 11.1 Å². The van der Waals surface area contributed by atoms with Gasteiger partial charge in [-0.15, -0.1) is 0 Å². The van der Waals surface area contributed by atoms with Crippen LogP contribution in [0.5, 0.6) is 5.75 Å². The Bertz CT molecular complexity index is 655. The number of halogens is 1. The van der Waals surface area contributed by atoms with Gasteiger partial charge in [0.1, 0.15) is 12.4 Å². The molecule has 5 heteroatoms. The van der Waals surface area contributed by atoms with Crippen molar-refractivity contribution in [2.45, 2.75) is 13.2 Å². The lowest BCUT2D eigenvalue weighted by Crippen LogP contribution is -2.06. The zero-order valence-corrected chi connectivity index (χ0v) is 13.2. The number of esters is 1. The molecule has 0 N–H and O–H groups in total. The summed E-state index contributed by atoms with van der Waals surface area (Å²) >= 11 is 5.95. The smallest absolute Gasteiger partial charge is 0.338 e. The standard InChI is InChI=1S/C17H17ClO4/c1-20-10-12-4-3-5-13(8-12)17(19)22-11-14-9-15(18)6-7-16(14)21-2/h3-9H,10-11H2,1-2H3. The van der Waals surface area contributed by atoms with Gasteiger partial charge in [0.05, 0.1) is 19.3 Å². The lowest BCUT2D eigenvalue weighted by Gasteiger charge is -2.10. The second kappa shape index (κ2) is 7.82. The summed E-state index contributed by atoms with van der Waals surface area (Å²) in [6.45, 7) is 0.542. The fourth-order valence-corrected chi connectivity index (χ4v) is 2.24. The third kappa shape index (κ3) is 4.23. The van der Waals surface area contributed by atoms with Crippen LogP contribution in [-0.4, -0.2) is 20.2 Å². The summed E-state index contributed by atoms with van der Waals surface area (Å²) in [6.07, 6.45) is 0. The van der Waals surface area contributed by atoms with Crippen molar-refractivity contribution < 1.29 is 19.0 Å². The third-order valence-electron chi connectivity index (χ3n) is 3.07. The zero-order chi connectivity index (χ0) is 15.9. The van der Waals surface area contributed by atoms with E-state index in [0.29, 0.717) is 22.9 Å². The monoisotopic (exact) mass is 320 g/mol. The molecule has 0 atom stereocenters. The highest BCUT2D eigenvalue weighted by Gasteiger charge is 2.11. The third-order valence-corrected chi connectivity index (χ3v) is 3.31. The van der Waals surface area contributed by atoms with E-state index in [1.807, 2.05) is 6.07 Å². The van der Waals surface area contributed by atoms with E-state index in [9.17, 15) is 4.79 Å². The van der Waals surface area contributed by atoms with Crippen molar-refractivity contribution in [3.63, 3.8) is 0 Å². The molecule has 22 heavy (non-hydrogen) atoms. The summed E-state index contributed by atoms with van der Waals surface area (Å²) in [5.41, 5.74) is 2.12. The minimum Gasteiger partial charge on any atom is -0.496 e. The van der Waals surface area contributed by atoms with Crippen molar-refractivity contribution in [1.82, 2.24) is 0 Å². The van der Waals surface area contributed by atoms with Gasteiger partial charge in [-0.25, -0.2) is 4.79 Å². The quantitative estimate of drug-likeness (QED) is 0.758. The maximum atomic E-state index is 12.1. The SMILES string of the molecule is COCc1cccc(C(=O)OCc2cc(Cl)ccc2OC)c1. The van der Waals surface area contributed by atoms with Crippen molar-refractivity contribution in [3.05, 3.63) is 64.2 Å². The molecule has 0 amide bonds. The molecule has 0 saturated carbocycles. The number of carbonyl (C=O) groups is 1. The van der Waals surface area contributed by atoms with Gasteiger partial charge in [0.25, 0.3) is 0 Å². The molecule has 0 radical (unpaired) electrons. The summed E-state index contributed by atoms with van der Waals surface area (Å²) in [5, 5.41) is 0.564. The van der Waals surface area contributed by atoms with Gasteiger partial charge in [0.2, 0.25) is 0 Å². The number of methoxy groups -OCH3 is 2. The predicted molar refractivity (Wildman–Crippen MR) is 84.3 cm³/mol. The second-order valence-corrected chi connectivity index (χ2v) is 5.10. The summed E-state index contributed by atoms with van der Waals surface area (Å²) in [5.74, 6) is 0.227. The fraction of sp³-hybridized carbons (Fsp3) is 0.235. The number of rotatable bonds is 6. The van der Waals surface area contributed by atoms with E-state index in [-0.39, 0.29) is 6.61 Å². The minimum absolute atomic E-state index is 0.0943. The molecule has 0 unspecified atom stereocenters. The van der Waals surface area contributed by atoms with E-state index in [1.165, 1.54) is 0 Å². The molecule has 0 bridgehead atoms. The topological polar surface area (TPSA) is 44.8 Å². The first-order chi connectivity index (χ1) is 10.6. The van der Waals surface area contributed by atoms with Crippen LogP contribution in [0.4, 0.5) is 0 Å². The molecular formula is C17H17ClO4. The molecule has 2 aromatic carbocycles. The molecule has 0 aliphatic rings. The van der Waals surface area contributed by atoms with Crippen molar-refractivity contribution in [1.29, 1.82) is 0 Å². The maximum Gasteiger partial charge on any atom is 0.338 e. The van der Waals surface area contributed by atoms with Crippen LogP contribution in [0.2, 0.25) is 5.02 Å². The summed E-state index contributed by atoms with van der Waals surface area (Å²) in [7, 11) is 3.17. The van der Waals surface area contributed by atoms with E-state index >= 15 is 0 Å². The van der Waals surface area contributed by atoms with Crippen LogP contribution in [0.15, 0.2) is 42.5 Å². The van der Waals surface area contributed by atoms with Crippen LogP contribution in [0.3, 0.4) is 0 Å². The van der Waals surface area contributed by atoms with E-state index in [2.05, 4.69) is 0 Å². The summed E-state index contributed by atoms with van der Waals surface area (Å²) in [6, 6.07) is 12.3. The van der Waals surface area contributed by atoms with Gasteiger partial charge in [0, 0.05) is 17.7 Å². The molecular weight excluding hydrogens is 304 g/mol. The number of hydrogen-bond donors (Lipinski definition) is 0. The first-order valence-electron chi connectivity index (χ1n) is 6.71. The lowest BCUT2D eigenvalue weighted by molar-refractivity contribution is 0.0470. The van der Waals surface area contributed by atoms with Crippen LogP contribution in [0, 0.1) is 0 Å². The highest BCUT2D eigenvalue weighted by atomic mass is 35.5. The Morgan fingerprint density at radius 3 is 2.64 bits per heavy atom. The average molecular weight is 321 g/mol. The molecule has 0 spiro atoms. The van der Waals surface area contributed by atoms with Gasteiger partial charge in [0.15, 0.2) is 0 Å². The van der Waals surface area contributed by atoms with Crippen LogP contribution < -0.4 is 4.74 Å². The Labute approximate surface area is 134 Å². The van der Waals surface area contributed by atoms with Gasteiger partial charge in [-0.1, -0.05) is 23.7 Å². The van der Waals surface area contributed by atoms with Gasteiger partial charge in [-0.2, -0.15) is 0 Å². The van der Waals surface area contributed by atoms with Gasteiger partial charge >= 0.3 is 5.97 Å². The molecule has 0 saturated heterocycles. The first-order valence-corrected chi connectivity index (χ1v) is 7.09. The molecule has 4 nitrogen and oxygen atoms in total. The zero-order valence-electron chi connectivity index (χ0n) is 12.5. The predicted octanol–water partition coefficient (Wildman–Crippen LogP) is 3.85. The molecule has 0 aromatic heterocycles. The summed E-state index contributed by atoms with van der Waals surface area (Å²) < 4.78 is 15.6. The maximum absolute atomic E-state index is 12.1. The Morgan fingerprint density at radius 2 is 1.91 bits per heavy atom. The number of carbonyl (C=O) groups excluding carboxylic acids is 1. The van der Waals surface area contributed by atoms with E-state index in [1.54, 1.807) is 50.6 Å². The van der Waals surface area contributed by atoms with Crippen molar-refractivity contribution in [3.8, 4) is 5.75 Å². The van der Waals surface area contributed by atoms with Crippen molar-refractivity contribution >= 4 is 17.6 Å². The number of benzene rings is 2. The molecule has 2 aromatic rings. The van der Waals surface area contributed by atoms with Gasteiger partial charge in [-0.05, 0) is 35.9 Å². The van der Waals surface area contributed by atoms with Crippen LogP contribution in [0.25, 0.3) is 0 Å². The van der Waals surface area contributed by atoms with Crippen LogP contribution in [0.1, 0.15) is 21.5 Å². The van der Waals surface area contributed by atoms with Crippen LogP contribution >= 0.6 is 11.6 Å². The average Bonchev–Trinajstić information content (AvgIpc) is 2.53. The minimum atomic E-state index is -0.403. The molecule has 116 valence electrons. The Kier molecular flexibility index (Phi) is 5.81. The van der Waals surface area contributed by atoms with Gasteiger partial charge < -0.3 is 14.2 Å². The van der Waals surface area contributed by atoms with Gasteiger partial charge in [-0.3, -0.25) is 0 Å².